The molecule has 3 heterocycles. The van der Waals surface area contributed by atoms with Crippen molar-refractivity contribution >= 4 is 22.4 Å². The van der Waals surface area contributed by atoms with Gasteiger partial charge in [0.1, 0.15) is 5.56 Å². The van der Waals surface area contributed by atoms with Gasteiger partial charge in [-0.25, -0.2) is 4.98 Å². The lowest BCUT2D eigenvalue weighted by Crippen LogP contribution is -2.12. The number of carbonyl (C=O) groups is 1. The third kappa shape index (κ3) is 2.89. The molecule has 0 saturated carbocycles. The smallest absolute Gasteiger partial charge is 0.264 e. The van der Waals surface area contributed by atoms with Gasteiger partial charge >= 0.3 is 0 Å². The molecule has 0 unspecified atom stereocenters. The molecule has 3 aromatic rings. The fraction of sp³-hybridized carbons (Fsp3) is 0.188. The van der Waals surface area contributed by atoms with E-state index in [0.717, 1.165) is 17.0 Å². The number of benzene rings is 1. The second-order valence-corrected chi connectivity index (χ2v) is 6.14. The number of aryl methyl sites for hydroxylation is 1. The van der Waals surface area contributed by atoms with Crippen LogP contribution in [0, 0.1) is 0 Å². The van der Waals surface area contributed by atoms with Gasteiger partial charge in [-0.3, -0.25) is 14.8 Å². The van der Waals surface area contributed by atoms with Crippen molar-refractivity contribution in [3.8, 4) is 28.6 Å². The van der Waals surface area contributed by atoms with Crippen LogP contribution >= 0.6 is 11.3 Å². The summed E-state index contributed by atoms with van der Waals surface area (Å²) in [4.78, 5) is 16.8. The summed E-state index contributed by atoms with van der Waals surface area (Å²) in [7, 11) is 3.20. The molecule has 1 N–H and O–H groups in total. The molecule has 0 radical (unpaired) electrons. The van der Waals surface area contributed by atoms with E-state index >= 15 is 0 Å². The molecule has 1 amide bonds. The van der Waals surface area contributed by atoms with Gasteiger partial charge in [0, 0.05) is 24.2 Å². The second kappa shape index (κ2) is 6.10. The minimum atomic E-state index is -0.323. The molecule has 9 heteroatoms. The number of carbonyl (C=O) groups excluding carboxylic acids is 1. The normalized spacial score (nSPS) is 12.2. The second-order valence-electron chi connectivity index (χ2n) is 5.29. The average molecular weight is 358 g/mol. The van der Waals surface area contributed by atoms with Crippen LogP contribution in [0.4, 0.5) is 5.13 Å². The fourth-order valence-electron chi connectivity index (χ4n) is 2.46. The van der Waals surface area contributed by atoms with Crippen LogP contribution in [0.2, 0.25) is 0 Å². The molecular formula is C16H14N4O4S. The molecular weight excluding hydrogens is 344 g/mol. The Balaban J connectivity index is 1.54. The number of hydrogen-bond acceptors (Lipinski definition) is 7. The van der Waals surface area contributed by atoms with E-state index < -0.39 is 0 Å². The number of aromatic nitrogens is 3. The maximum Gasteiger partial charge on any atom is 0.264 e. The molecule has 1 aliphatic heterocycles. The molecule has 128 valence electrons. The Hall–Kier alpha value is -3.07. The van der Waals surface area contributed by atoms with Crippen LogP contribution in [0.5, 0.6) is 17.4 Å². The molecule has 0 saturated heterocycles. The largest absolute Gasteiger partial charge is 0.479 e. The molecule has 0 aliphatic carbocycles. The number of methoxy groups -OCH3 is 1. The Morgan fingerprint density at radius 3 is 3.04 bits per heavy atom. The lowest BCUT2D eigenvalue weighted by atomic mass is 10.1. The van der Waals surface area contributed by atoms with Gasteiger partial charge in [-0.05, 0) is 18.2 Å². The van der Waals surface area contributed by atoms with Crippen LogP contribution in [0.25, 0.3) is 11.3 Å². The van der Waals surface area contributed by atoms with E-state index in [4.69, 9.17) is 14.2 Å². The highest BCUT2D eigenvalue weighted by atomic mass is 32.1. The molecule has 1 aliphatic rings. The maximum atomic E-state index is 12.4. The summed E-state index contributed by atoms with van der Waals surface area (Å²) in [5.74, 6) is 1.36. The molecule has 2 aromatic heterocycles. The van der Waals surface area contributed by atoms with Crippen molar-refractivity contribution in [1.82, 2.24) is 14.8 Å². The van der Waals surface area contributed by atoms with Crippen molar-refractivity contribution < 1.29 is 19.0 Å². The third-order valence-electron chi connectivity index (χ3n) is 3.63. The van der Waals surface area contributed by atoms with Crippen LogP contribution in [-0.4, -0.2) is 34.6 Å². The van der Waals surface area contributed by atoms with Crippen LogP contribution in [0.3, 0.4) is 0 Å². The molecule has 8 nitrogen and oxygen atoms in total. The zero-order valence-electron chi connectivity index (χ0n) is 13.5. The van der Waals surface area contributed by atoms with Gasteiger partial charge in [0.15, 0.2) is 16.6 Å². The van der Waals surface area contributed by atoms with Crippen molar-refractivity contribution in [2.24, 2.45) is 7.05 Å². The summed E-state index contributed by atoms with van der Waals surface area (Å²) in [5.41, 5.74) is 1.99. The lowest BCUT2D eigenvalue weighted by Gasteiger charge is -2.01. The predicted molar refractivity (Wildman–Crippen MR) is 91.4 cm³/mol. The highest BCUT2D eigenvalue weighted by Crippen LogP contribution is 2.36. The lowest BCUT2D eigenvalue weighted by molar-refractivity contribution is 0.102. The number of rotatable bonds is 4. The SMILES string of the molecule is COc1nn(C)cc1C(=O)Nc1nc(-c2ccc3c(c2)OCO3)cs1. The van der Waals surface area contributed by atoms with Gasteiger partial charge in [0.05, 0.1) is 12.8 Å². The average Bonchev–Trinajstić information content (AvgIpc) is 3.32. The van der Waals surface area contributed by atoms with Crippen LogP contribution in [-0.2, 0) is 7.05 Å². The summed E-state index contributed by atoms with van der Waals surface area (Å²) in [5, 5.41) is 9.19. The summed E-state index contributed by atoms with van der Waals surface area (Å²) in [6, 6.07) is 5.61. The van der Waals surface area contributed by atoms with E-state index in [-0.39, 0.29) is 18.6 Å². The number of fused-ring (bicyclic) bond motifs is 1. The highest BCUT2D eigenvalue weighted by Gasteiger charge is 2.19. The molecule has 0 spiro atoms. The first-order valence-corrected chi connectivity index (χ1v) is 8.26. The standard InChI is InChI=1S/C16H14N4O4S/c1-20-6-10(15(19-20)22-2)14(21)18-16-17-11(7-25-16)9-3-4-12-13(5-9)24-8-23-12/h3-7H,8H2,1-2H3,(H,17,18,21). The number of ether oxygens (including phenoxy) is 3. The first-order valence-electron chi connectivity index (χ1n) is 7.38. The maximum absolute atomic E-state index is 12.4. The number of nitrogens with zero attached hydrogens (tertiary/aromatic N) is 3. The summed E-state index contributed by atoms with van der Waals surface area (Å²) >= 11 is 1.34. The third-order valence-corrected chi connectivity index (χ3v) is 4.38. The Kier molecular flexibility index (Phi) is 3.77. The molecule has 1 aromatic carbocycles. The van der Waals surface area contributed by atoms with E-state index in [0.29, 0.717) is 16.4 Å². The summed E-state index contributed by atoms with van der Waals surface area (Å²) in [6.07, 6.45) is 1.60. The van der Waals surface area contributed by atoms with Crippen molar-refractivity contribution in [1.29, 1.82) is 0 Å². The Labute approximate surface area is 147 Å². The van der Waals surface area contributed by atoms with Gasteiger partial charge in [0.25, 0.3) is 5.91 Å². The predicted octanol–water partition coefficient (Wildman–Crippen LogP) is 2.53. The fourth-order valence-corrected chi connectivity index (χ4v) is 3.17. The first-order chi connectivity index (χ1) is 12.1. The van der Waals surface area contributed by atoms with Crippen LogP contribution in [0.15, 0.2) is 29.8 Å². The highest BCUT2D eigenvalue weighted by molar-refractivity contribution is 7.14. The van der Waals surface area contributed by atoms with E-state index in [9.17, 15) is 4.79 Å². The monoisotopic (exact) mass is 358 g/mol. The van der Waals surface area contributed by atoms with Crippen molar-refractivity contribution in [3.63, 3.8) is 0 Å². The molecule has 0 bridgehead atoms. The van der Waals surface area contributed by atoms with E-state index in [1.54, 1.807) is 13.2 Å². The molecule has 25 heavy (non-hydrogen) atoms. The van der Waals surface area contributed by atoms with Crippen LogP contribution in [0.1, 0.15) is 10.4 Å². The van der Waals surface area contributed by atoms with Crippen molar-refractivity contribution in [2.75, 3.05) is 19.2 Å². The molecule has 0 atom stereocenters. The molecule has 4 rings (SSSR count). The number of nitrogens with one attached hydrogen (secondary N) is 1. The van der Waals surface area contributed by atoms with Gasteiger partial charge in [0.2, 0.25) is 12.7 Å². The van der Waals surface area contributed by atoms with Crippen molar-refractivity contribution in [3.05, 3.63) is 35.3 Å². The van der Waals surface area contributed by atoms with Crippen LogP contribution < -0.4 is 19.5 Å². The van der Waals surface area contributed by atoms with Gasteiger partial charge in [-0.15, -0.1) is 16.4 Å². The Bertz CT molecular complexity index is 950. The number of anilines is 1. The quantitative estimate of drug-likeness (QED) is 0.771. The number of amides is 1. The summed E-state index contributed by atoms with van der Waals surface area (Å²) < 4.78 is 17.3. The number of hydrogen-bond donors (Lipinski definition) is 1. The van der Waals surface area contributed by atoms with E-state index in [1.807, 2.05) is 23.6 Å². The number of thiazole rings is 1. The van der Waals surface area contributed by atoms with Gasteiger partial charge < -0.3 is 14.2 Å². The molecule has 0 fully saturated rings. The van der Waals surface area contributed by atoms with E-state index in [2.05, 4.69) is 15.4 Å². The summed E-state index contributed by atoms with van der Waals surface area (Å²) in [6.45, 7) is 0.226. The zero-order chi connectivity index (χ0) is 17.4. The topological polar surface area (TPSA) is 87.5 Å². The zero-order valence-corrected chi connectivity index (χ0v) is 14.3. The van der Waals surface area contributed by atoms with E-state index in [1.165, 1.54) is 23.1 Å². The Morgan fingerprint density at radius 1 is 1.36 bits per heavy atom. The minimum absolute atomic E-state index is 0.226. The minimum Gasteiger partial charge on any atom is -0.479 e. The Morgan fingerprint density at radius 2 is 2.20 bits per heavy atom. The first kappa shape index (κ1) is 15.5. The van der Waals surface area contributed by atoms with Gasteiger partial charge in [-0.1, -0.05) is 0 Å². The van der Waals surface area contributed by atoms with Gasteiger partial charge in [-0.2, -0.15) is 0 Å². The van der Waals surface area contributed by atoms with Crippen molar-refractivity contribution in [2.45, 2.75) is 0 Å².